The summed E-state index contributed by atoms with van der Waals surface area (Å²) in [7, 11) is -3.55. The lowest BCUT2D eigenvalue weighted by atomic mass is 10.1. The van der Waals surface area contributed by atoms with Crippen molar-refractivity contribution >= 4 is 16.1 Å². The second kappa shape index (κ2) is 7.51. The number of hydrogen-bond acceptors (Lipinski definition) is 4. The number of aromatic nitrogens is 2. The predicted octanol–water partition coefficient (Wildman–Crippen LogP) is 2.63. The quantitative estimate of drug-likeness (QED) is 0.858. The summed E-state index contributed by atoms with van der Waals surface area (Å²) in [4.78, 5) is 0. The van der Waals surface area contributed by atoms with Crippen molar-refractivity contribution < 1.29 is 13.2 Å². The zero-order valence-electron chi connectivity index (χ0n) is 14.4. The van der Waals surface area contributed by atoms with Gasteiger partial charge < -0.3 is 4.74 Å². The Kier molecular flexibility index (Phi) is 5.36. The fourth-order valence-corrected chi connectivity index (χ4v) is 3.91. The molecule has 25 heavy (non-hydrogen) atoms. The van der Waals surface area contributed by atoms with Gasteiger partial charge in [0.15, 0.2) is 0 Å². The second-order valence-corrected chi connectivity index (χ2v) is 7.79. The van der Waals surface area contributed by atoms with E-state index in [1.54, 1.807) is 17.0 Å². The van der Waals surface area contributed by atoms with Crippen LogP contribution in [0.1, 0.15) is 36.1 Å². The number of hydrogen-bond donors (Lipinski definition) is 1. The molecule has 1 fully saturated rings. The molecule has 0 aliphatic carbocycles. The van der Waals surface area contributed by atoms with Crippen molar-refractivity contribution in [2.45, 2.75) is 39.0 Å². The number of ether oxygens (including phenoxy) is 1. The van der Waals surface area contributed by atoms with Crippen LogP contribution in [0.5, 0.6) is 0 Å². The number of rotatable bonds is 6. The number of nitrogens with zero attached hydrogens (tertiary/aromatic N) is 2. The summed E-state index contributed by atoms with van der Waals surface area (Å²) in [6.07, 6.45) is 5.58. The molecule has 1 aromatic carbocycles. The van der Waals surface area contributed by atoms with Crippen LogP contribution in [0.15, 0.2) is 42.1 Å². The van der Waals surface area contributed by atoms with Gasteiger partial charge in [-0.05, 0) is 31.9 Å². The average Bonchev–Trinajstić information content (AvgIpc) is 3.22. The molecule has 3 rings (SSSR count). The summed E-state index contributed by atoms with van der Waals surface area (Å²) in [5.41, 5.74) is 2.88. The van der Waals surface area contributed by atoms with Crippen molar-refractivity contribution in [3.05, 3.63) is 58.8 Å². The Morgan fingerprint density at radius 3 is 2.80 bits per heavy atom. The molecule has 1 N–H and O–H groups in total. The number of benzene rings is 1. The lowest BCUT2D eigenvalue weighted by molar-refractivity contribution is 0.102. The Bertz CT molecular complexity index is 841. The summed E-state index contributed by atoms with van der Waals surface area (Å²) in [5, 5.41) is 5.45. The first-order valence-electron chi connectivity index (χ1n) is 8.38. The molecule has 0 unspecified atom stereocenters. The molecule has 1 aliphatic heterocycles. The predicted molar refractivity (Wildman–Crippen MR) is 97.3 cm³/mol. The molecule has 1 aromatic heterocycles. The Hall–Kier alpha value is -1.96. The maximum absolute atomic E-state index is 12.4. The van der Waals surface area contributed by atoms with Crippen LogP contribution in [0.2, 0.25) is 0 Å². The molecule has 1 aliphatic rings. The Balaban J connectivity index is 1.69. The first-order chi connectivity index (χ1) is 12.0. The third-order valence-electron chi connectivity index (χ3n) is 4.23. The highest BCUT2D eigenvalue weighted by Crippen LogP contribution is 2.29. The van der Waals surface area contributed by atoms with E-state index in [4.69, 9.17) is 4.74 Å². The molecule has 2 atom stereocenters. The molecule has 6 nitrogen and oxygen atoms in total. The molecule has 0 bridgehead atoms. The van der Waals surface area contributed by atoms with Gasteiger partial charge in [0.1, 0.15) is 6.10 Å². The molecule has 0 amide bonds. The van der Waals surface area contributed by atoms with Gasteiger partial charge in [0.25, 0.3) is 0 Å². The summed E-state index contributed by atoms with van der Waals surface area (Å²) < 4.78 is 35.0. The lowest BCUT2D eigenvalue weighted by Gasteiger charge is -2.17. The van der Waals surface area contributed by atoms with Gasteiger partial charge in [-0.25, -0.2) is 13.1 Å². The number of aryl methyl sites for hydroxylation is 2. The standard InChI is InChI=1S/C18H23N3O3S/c1-3-21-13-16(12-19-21)18-17(8-10-24-18)20-25(22,23)11-9-15-6-4-14(2)5-7-15/h4-7,9,11-13,17-18,20H,3,8,10H2,1-2H3/b11-9+/t17-,18+/m0/s1. The Morgan fingerprint density at radius 1 is 1.36 bits per heavy atom. The van der Waals surface area contributed by atoms with Crippen LogP contribution in [0.3, 0.4) is 0 Å². The van der Waals surface area contributed by atoms with Crippen LogP contribution in [-0.4, -0.2) is 30.8 Å². The van der Waals surface area contributed by atoms with E-state index < -0.39 is 10.0 Å². The first-order valence-corrected chi connectivity index (χ1v) is 9.92. The number of nitrogens with one attached hydrogen (secondary N) is 1. The number of sulfonamides is 1. The second-order valence-electron chi connectivity index (χ2n) is 6.19. The first kappa shape index (κ1) is 17.8. The highest BCUT2D eigenvalue weighted by molar-refractivity contribution is 7.92. The van der Waals surface area contributed by atoms with Gasteiger partial charge in [-0.2, -0.15) is 5.10 Å². The van der Waals surface area contributed by atoms with E-state index >= 15 is 0 Å². The van der Waals surface area contributed by atoms with Crippen LogP contribution >= 0.6 is 0 Å². The molecule has 0 saturated carbocycles. The van der Waals surface area contributed by atoms with Gasteiger partial charge >= 0.3 is 0 Å². The summed E-state index contributed by atoms with van der Waals surface area (Å²) in [6, 6.07) is 7.39. The Labute approximate surface area is 148 Å². The fraction of sp³-hybridized carbons (Fsp3) is 0.389. The summed E-state index contributed by atoms with van der Waals surface area (Å²) in [6.45, 7) is 5.29. The van der Waals surface area contributed by atoms with Crippen molar-refractivity contribution in [2.24, 2.45) is 0 Å². The van der Waals surface area contributed by atoms with E-state index in [1.165, 1.54) is 5.41 Å². The summed E-state index contributed by atoms with van der Waals surface area (Å²) >= 11 is 0. The molecule has 7 heteroatoms. The van der Waals surface area contributed by atoms with E-state index in [2.05, 4.69) is 9.82 Å². The van der Waals surface area contributed by atoms with Crippen molar-refractivity contribution in [3.63, 3.8) is 0 Å². The van der Waals surface area contributed by atoms with Crippen molar-refractivity contribution in [1.29, 1.82) is 0 Å². The molecular formula is C18H23N3O3S. The topological polar surface area (TPSA) is 73.2 Å². The van der Waals surface area contributed by atoms with E-state index in [-0.39, 0.29) is 12.1 Å². The zero-order chi connectivity index (χ0) is 17.9. The van der Waals surface area contributed by atoms with Gasteiger partial charge in [-0.15, -0.1) is 0 Å². The van der Waals surface area contributed by atoms with Gasteiger partial charge in [0.2, 0.25) is 10.0 Å². The lowest BCUT2D eigenvalue weighted by Crippen LogP contribution is -2.35. The van der Waals surface area contributed by atoms with E-state index in [0.717, 1.165) is 23.2 Å². The van der Waals surface area contributed by atoms with Crippen molar-refractivity contribution in [1.82, 2.24) is 14.5 Å². The molecule has 0 radical (unpaired) electrons. The average molecular weight is 361 g/mol. The van der Waals surface area contributed by atoms with E-state index in [1.807, 2.05) is 44.3 Å². The SMILES string of the molecule is CCn1cc([C@H]2OCC[C@@H]2NS(=O)(=O)/C=C/c2ccc(C)cc2)cn1. The minimum atomic E-state index is -3.55. The van der Waals surface area contributed by atoms with Crippen molar-refractivity contribution in [3.8, 4) is 0 Å². The molecule has 2 aromatic rings. The highest BCUT2D eigenvalue weighted by Gasteiger charge is 2.33. The molecular weight excluding hydrogens is 338 g/mol. The van der Waals surface area contributed by atoms with Gasteiger partial charge in [-0.1, -0.05) is 29.8 Å². The maximum Gasteiger partial charge on any atom is 0.234 e. The molecule has 1 saturated heterocycles. The third-order valence-corrected chi connectivity index (χ3v) is 5.36. The smallest absolute Gasteiger partial charge is 0.234 e. The normalized spacial score (nSPS) is 21.2. The van der Waals surface area contributed by atoms with Crippen molar-refractivity contribution in [2.75, 3.05) is 6.61 Å². The van der Waals surface area contributed by atoms with Crippen LogP contribution in [0.25, 0.3) is 6.08 Å². The van der Waals surface area contributed by atoms with Gasteiger partial charge in [0, 0.05) is 30.3 Å². The monoisotopic (exact) mass is 361 g/mol. The van der Waals surface area contributed by atoms with Crippen LogP contribution in [0, 0.1) is 6.92 Å². The van der Waals surface area contributed by atoms with Crippen LogP contribution < -0.4 is 4.72 Å². The minimum Gasteiger partial charge on any atom is -0.372 e. The highest BCUT2D eigenvalue weighted by atomic mass is 32.2. The zero-order valence-corrected chi connectivity index (χ0v) is 15.2. The molecule has 2 heterocycles. The molecule has 134 valence electrons. The van der Waals surface area contributed by atoms with E-state index in [0.29, 0.717) is 13.0 Å². The van der Waals surface area contributed by atoms with Crippen LogP contribution in [-0.2, 0) is 21.3 Å². The van der Waals surface area contributed by atoms with Gasteiger partial charge in [-0.3, -0.25) is 4.68 Å². The summed E-state index contributed by atoms with van der Waals surface area (Å²) in [5.74, 6) is 0. The fourth-order valence-electron chi connectivity index (χ4n) is 2.83. The van der Waals surface area contributed by atoms with E-state index in [9.17, 15) is 8.42 Å². The maximum atomic E-state index is 12.4. The third kappa shape index (κ3) is 4.56. The van der Waals surface area contributed by atoms with Crippen LogP contribution in [0.4, 0.5) is 0 Å². The van der Waals surface area contributed by atoms with Gasteiger partial charge in [0.05, 0.1) is 12.2 Å². The Morgan fingerprint density at radius 2 is 2.12 bits per heavy atom. The molecule has 0 spiro atoms. The minimum absolute atomic E-state index is 0.290. The largest absolute Gasteiger partial charge is 0.372 e.